The van der Waals surface area contributed by atoms with Crippen molar-refractivity contribution in [1.29, 1.82) is 0 Å². The van der Waals surface area contributed by atoms with Crippen LogP contribution in [-0.2, 0) is 28.2 Å². The number of ether oxygens (including phenoxy) is 1. The molecule has 0 N–H and O–H groups in total. The van der Waals surface area contributed by atoms with E-state index in [1.165, 1.54) is 16.7 Å². The van der Waals surface area contributed by atoms with Crippen LogP contribution in [0.15, 0.2) is 59.6 Å². The van der Waals surface area contributed by atoms with Crippen molar-refractivity contribution < 1.29 is 9.53 Å². The number of piperidine rings is 1. The molecule has 2 aromatic carbocycles. The summed E-state index contributed by atoms with van der Waals surface area (Å²) >= 11 is 0. The van der Waals surface area contributed by atoms with Crippen molar-refractivity contribution in [2.45, 2.75) is 44.8 Å². The zero-order chi connectivity index (χ0) is 19.2. The lowest BCUT2D eigenvalue weighted by atomic mass is 9.80. The Morgan fingerprint density at radius 2 is 1.75 bits per heavy atom. The van der Waals surface area contributed by atoms with Crippen molar-refractivity contribution in [2.24, 2.45) is 10.4 Å². The SMILES string of the molecule is CC1(Cc2ccccc2)CC(N2CCC3(CC2)OCc2ccccc23)=NC1=O. The largest absolute Gasteiger partial charge is 0.365 e. The van der Waals surface area contributed by atoms with Crippen LogP contribution in [0.5, 0.6) is 0 Å². The van der Waals surface area contributed by atoms with Gasteiger partial charge in [-0.3, -0.25) is 4.79 Å². The van der Waals surface area contributed by atoms with Crippen LogP contribution >= 0.6 is 0 Å². The molecule has 0 saturated carbocycles. The molecule has 3 aliphatic heterocycles. The predicted octanol–water partition coefficient (Wildman–Crippen LogP) is 4.09. The number of benzene rings is 2. The van der Waals surface area contributed by atoms with Crippen LogP contribution in [0.4, 0.5) is 0 Å². The maximum atomic E-state index is 12.7. The average Bonchev–Trinajstić information content (AvgIpc) is 3.22. The van der Waals surface area contributed by atoms with Crippen LogP contribution in [0, 0.1) is 5.41 Å². The highest BCUT2D eigenvalue weighted by atomic mass is 16.5. The van der Waals surface area contributed by atoms with Gasteiger partial charge in [0, 0.05) is 19.5 Å². The number of aliphatic imine (C=N–C) groups is 1. The summed E-state index contributed by atoms with van der Waals surface area (Å²) in [6.45, 7) is 4.55. The first-order valence-corrected chi connectivity index (χ1v) is 10.2. The molecule has 28 heavy (non-hydrogen) atoms. The number of hydrogen-bond acceptors (Lipinski definition) is 3. The maximum absolute atomic E-state index is 12.7. The predicted molar refractivity (Wildman–Crippen MR) is 109 cm³/mol. The van der Waals surface area contributed by atoms with Crippen LogP contribution in [0.1, 0.15) is 42.9 Å². The molecule has 0 bridgehead atoms. The second-order valence-electron chi connectivity index (χ2n) is 8.66. The third-order valence-electron chi connectivity index (χ3n) is 6.68. The minimum Gasteiger partial charge on any atom is -0.365 e. The van der Waals surface area contributed by atoms with E-state index in [9.17, 15) is 4.79 Å². The van der Waals surface area contributed by atoms with Crippen molar-refractivity contribution in [3.8, 4) is 0 Å². The molecule has 1 fully saturated rings. The molecule has 0 radical (unpaired) electrons. The van der Waals surface area contributed by atoms with Crippen LogP contribution in [0.25, 0.3) is 0 Å². The molecule has 3 heterocycles. The van der Waals surface area contributed by atoms with Gasteiger partial charge < -0.3 is 9.64 Å². The van der Waals surface area contributed by atoms with E-state index in [0.717, 1.165) is 44.6 Å². The van der Waals surface area contributed by atoms with E-state index in [-0.39, 0.29) is 11.5 Å². The Labute approximate surface area is 166 Å². The van der Waals surface area contributed by atoms with E-state index in [1.54, 1.807) is 0 Å². The third-order valence-corrected chi connectivity index (χ3v) is 6.68. The molecule has 4 heteroatoms. The first-order valence-electron chi connectivity index (χ1n) is 10.2. The number of amidine groups is 1. The minimum atomic E-state index is -0.428. The van der Waals surface area contributed by atoms with Crippen molar-refractivity contribution in [3.63, 3.8) is 0 Å². The van der Waals surface area contributed by atoms with E-state index in [2.05, 4.69) is 53.2 Å². The maximum Gasteiger partial charge on any atom is 0.254 e. The molecule has 144 valence electrons. The summed E-state index contributed by atoms with van der Waals surface area (Å²) in [5, 5.41) is 0. The number of fused-ring (bicyclic) bond motifs is 2. The van der Waals surface area contributed by atoms with Gasteiger partial charge in [0.1, 0.15) is 5.84 Å². The van der Waals surface area contributed by atoms with Gasteiger partial charge in [-0.05, 0) is 42.9 Å². The lowest BCUT2D eigenvalue weighted by Gasteiger charge is -2.40. The van der Waals surface area contributed by atoms with Gasteiger partial charge in [-0.25, -0.2) is 0 Å². The topological polar surface area (TPSA) is 41.9 Å². The van der Waals surface area contributed by atoms with Gasteiger partial charge in [0.05, 0.1) is 17.6 Å². The molecule has 1 spiro atoms. The molecular weight excluding hydrogens is 348 g/mol. The Balaban J connectivity index is 1.28. The molecule has 4 nitrogen and oxygen atoms in total. The monoisotopic (exact) mass is 374 g/mol. The number of carbonyl (C=O) groups is 1. The quantitative estimate of drug-likeness (QED) is 0.795. The Bertz CT molecular complexity index is 929. The van der Waals surface area contributed by atoms with Gasteiger partial charge in [-0.15, -0.1) is 0 Å². The van der Waals surface area contributed by atoms with Gasteiger partial charge in [-0.2, -0.15) is 4.99 Å². The molecule has 3 aliphatic rings. The smallest absolute Gasteiger partial charge is 0.254 e. The van der Waals surface area contributed by atoms with Gasteiger partial charge in [-0.1, -0.05) is 54.6 Å². The Morgan fingerprint density at radius 3 is 2.54 bits per heavy atom. The van der Waals surface area contributed by atoms with Crippen molar-refractivity contribution >= 4 is 11.7 Å². The van der Waals surface area contributed by atoms with Crippen LogP contribution < -0.4 is 0 Å². The van der Waals surface area contributed by atoms with Gasteiger partial charge >= 0.3 is 0 Å². The molecule has 0 aromatic heterocycles. The lowest BCUT2D eigenvalue weighted by molar-refractivity contribution is -0.125. The third kappa shape index (κ3) is 2.87. The van der Waals surface area contributed by atoms with Crippen molar-refractivity contribution in [3.05, 3.63) is 71.3 Å². The first kappa shape index (κ1) is 17.6. The second-order valence-corrected chi connectivity index (χ2v) is 8.66. The summed E-state index contributed by atoms with van der Waals surface area (Å²) in [6.07, 6.45) is 3.37. The average molecular weight is 374 g/mol. The Morgan fingerprint density at radius 1 is 1.04 bits per heavy atom. The summed E-state index contributed by atoms with van der Waals surface area (Å²) in [4.78, 5) is 19.5. The fraction of sp³-hybridized carbons (Fsp3) is 0.417. The zero-order valence-corrected chi connectivity index (χ0v) is 16.4. The number of likely N-dealkylation sites (tertiary alicyclic amines) is 1. The number of hydrogen-bond donors (Lipinski definition) is 0. The fourth-order valence-corrected chi connectivity index (χ4v) is 5.01. The second kappa shape index (κ2) is 6.56. The van der Waals surface area contributed by atoms with Gasteiger partial charge in [0.2, 0.25) is 0 Å². The van der Waals surface area contributed by atoms with Crippen LogP contribution in [0.3, 0.4) is 0 Å². The summed E-state index contributed by atoms with van der Waals surface area (Å²) in [6, 6.07) is 18.8. The zero-order valence-electron chi connectivity index (χ0n) is 16.4. The van der Waals surface area contributed by atoms with Crippen LogP contribution in [-0.4, -0.2) is 29.7 Å². The molecule has 0 aliphatic carbocycles. The van der Waals surface area contributed by atoms with E-state index in [0.29, 0.717) is 6.61 Å². The first-order chi connectivity index (χ1) is 13.6. The Kier molecular flexibility index (Phi) is 4.13. The van der Waals surface area contributed by atoms with E-state index < -0.39 is 5.41 Å². The molecule has 1 saturated heterocycles. The van der Waals surface area contributed by atoms with E-state index in [4.69, 9.17) is 4.74 Å². The highest BCUT2D eigenvalue weighted by molar-refractivity contribution is 6.04. The van der Waals surface area contributed by atoms with Crippen molar-refractivity contribution in [1.82, 2.24) is 4.90 Å². The standard InChI is InChI=1S/C24H26N2O2/c1-23(15-18-7-3-2-4-8-18)16-21(25-22(23)27)26-13-11-24(12-14-26)20-10-6-5-9-19(20)17-28-24/h2-10H,11-17H2,1H3. The molecule has 5 rings (SSSR count). The number of rotatable bonds is 2. The number of carbonyl (C=O) groups excluding carboxylic acids is 1. The molecule has 1 atom stereocenters. The molecule has 2 aromatic rings. The van der Waals surface area contributed by atoms with Crippen molar-refractivity contribution in [2.75, 3.05) is 13.1 Å². The lowest BCUT2D eigenvalue weighted by Crippen LogP contribution is -2.45. The summed E-state index contributed by atoms with van der Waals surface area (Å²) in [5.74, 6) is 0.985. The highest BCUT2D eigenvalue weighted by Gasteiger charge is 2.46. The Hall–Kier alpha value is -2.46. The van der Waals surface area contributed by atoms with E-state index in [1.807, 2.05) is 18.2 Å². The summed E-state index contributed by atoms with van der Waals surface area (Å²) in [5.41, 5.74) is 3.29. The molecular formula is C24H26N2O2. The minimum absolute atomic E-state index is 0.0223. The fourth-order valence-electron chi connectivity index (χ4n) is 5.01. The number of nitrogens with zero attached hydrogens (tertiary/aromatic N) is 2. The molecule has 1 unspecified atom stereocenters. The molecule has 1 amide bonds. The normalized spacial score (nSPS) is 25.8. The highest BCUT2D eigenvalue weighted by Crippen LogP contribution is 2.45. The van der Waals surface area contributed by atoms with Crippen LogP contribution in [0.2, 0.25) is 0 Å². The van der Waals surface area contributed by atoms with Gasteiger partial charge in [0.25, 0.3) is 5.91 Å². The van der Waals surface area contributed by atoms with Gasteiger partial charge in [0.15, 0.2) is 0 Å². The summed E-state index contributed by atoms with van der Waals surface area (Å²) < 4.78 is 6.27. The number of amides is 1. The summed E-state index contributed by atoms with van der Waals surface area (Å²) in [7, 11) is 0. The van der Waals surface area contributed by atoms with E-state index >= 15 is 0 Å².